The van der Waals surface area contributed by atoms with Gasteiger partial charge >= 0.3 is 0 Å². The third kappa shape index (κ3) is 4.34. The van der Waals surface area contributed by atoms with Crippen molar-refractivity contribution in [1.29, 1.82) is 0 Å². The lowest BCUT2D eigenvalue weighted by molar-refractivity contribution is 0.348. The summed E-state index contributed by atoms with van der Waals surface area (Å²) in [6, 6.07) is 6.23. The number of hydrogen-bond donors (Lipinski definition) is 1. The number of anilines is 2. The molecular formula is C17H28FN3. The van der Waals surface area contributed by atoms with E-state index >= 15 is 0 Å². The second kappa shape index (κ2) is 7.12. The number of nitrogens with one attached hydrogen (secondary N) is 1. The minimum absolute atomic E-state index is 0.151. The van der Waals surface area contributed by atoms with E-state index in [4.69, 9.17) is 0 Å². The predicted octanol–water partition coefficient (Wildman–Crippen LogP) is 3.57. The van der Waals surface area contributed by atoms with E-state index in [2.05, 4.69) is 31.1 Å². The van der Waals surface area contributed by atoms with Gasteiger partial charge in [0.15, 0.2) is 0 Å². The number of rotatable bonds is 4. The molecule has 1 aliphatic rings. The molecule has 1 N–H and O–H groups in total. The molecule has 0 amide bonds. The molecule has 0 aliphatic carbocycles. The summed E-state index contributed by atoms with van der Waals surface area (Å²) in [7, 11) is 4.09. The van der Waals surface area contributed by atoms with Crippen LogP contribution >= 0.6 is 0 Å². The summed E-state index contributed by atoms with van der Waals surface area (Å²) in [4.78, 5) is 4.32. The SMILES string of the molecule is CC(C)N(C)c1ccc(NC2CCCN(C)CC2)cc1F. The molecule has 0 saturated carbocycles. The Kier molecular flexibility index (Phi) is 5.45. The first kappa shape index (κ1) is 16.1. The second-order valence-electron chi connectivity index (χ2n) is 6.45. The van der Waals surface area contributed by atoms with Gasteiger partial charge in [0, 0.05) is 24.8 Å². The van der Waals surface area contributed by atoms with Crippen molar-refractivity contribution in [3.63, 3.8) is 0 Å². The van der Waals surface area contributed by atoms with Gasteiger partial charge in [0.05, 0.1) is 5.69 Å². The van der Waals surface area contributed by atoms with Crippen molar-refractivity contribution in [3.8, 4) is 0 Å². The molecule has 0 bridgehead atoms. The Morgan fingerprint density at radius 1 is 1.29 bits per heavy atom. The van der Waals surface area contributed by atoms with Crippen LogP contribution in [0, 0.1) is 5.82 Å². The van der Waals surface area contributed by atoms with E-state index in [9.17, 15) is 4.39 Å². The average Bonchev–Trinajstić information content (AvgIpc) is 2.63. The van der Waals surface area contributed by atoms with Gasteiger partial charge in [0.1, 0.15) is 5.82 Å². The fraction of sp³-hybridized carbons (Fsp3) is 0.647. The summed E-state index contributed by atoms with van der Waals surface area (Å²) in [5.41, 5.74) is 1.55. The van der Waals surface area contributed by atoms with Crippen LogP contribution in [0.15, 0.2) is 18.2 Å². The van der Waals surface area contributed by atoms with Crippen LogP contribution in [-0.4, -0.2) is 44.2 Å². The van der Waals surface area contributed by atoms with Crippen molar-refractivity contribution in [3.05, 3.63) is 24.0 Å². The monoisotopic (exact) mass is 293 g/mol. The summed E-state index contributed by atoms with van der Waals surface area (Å²) in [5.74, 6) is -0.151. The van der Waals surface area contributed by atoms with Crippen LogP contribution in [0.1, 0.15) is 33.1 Å². The van der Waals surface area contributed by atoms with Gasteiger partial charge in [-0.2, -0.15) is 0 Å². The third-order valence-corrected chi connectivity index (χ3v) is 4.42. The lowest BCUT2D eigenvalue weighted by atomic mass is 10.1. The molecule has 21 heavy (non-hydrogen) atoms. The molecule has 1 fully saturated rings. The lowest BCUT2D eigenvalue weighted by Gasteiger charge is -2.25. The second-order valence-corrected chi connectivity index (χ2v) is 6.45. The average molecular weight is 293 g/mol. The van der Waals surface area contributed by atoms with E-state index in [-0.39, 0.29) is 11.9 Å². The molecule has 4 heteroatoms. The highest BCUT2D eigenvalue weighted by Crippen LogP contribution is 2.25. The van der Waals surface area contributed by atoms with E-state index in [1.807, 2.05) is 24.1 Å². The Labute approximate surface area is 128 Å². The van der Waals surface area contributed by atoms with Gasteiger partial charge in [-0.3, -0.25) is 0 Å². The minimum atomic E-state index is -0.151. The first-order valence-corrected chi connectivity index (χ1v) is 7.95. The zero-order chi connectivity index (χ0) is 15.4. The normalized spacial score (nSPS) is 20.4. The van der Waals surface area contributed by atoms with Crippen molar-refractivity contribution in [2.75, 3.05) is 37.4 Å². The smallest absolute Gasteiger partial charge is 0.148 e. The Hall–Kier alpha value is -1.29. The molecule has 118 valence electrons. The highest BCUT2D eigenvalue weighted by Gasteiger charge is 2.16. The van der Waals surface area contributed by atoms with Gasteiger partial charge < -0.3 is 15.1 Å². The van der Waals surface area contributed by atoms with Crippen LogP contribution in [0.5, 0.6) is 0 Å². The van der Waals surface area contributed by atoms with Gasteiger partial charge in [-0.15, -0.1) is 0 Å². The molecule has 1 saturated heterocycles. The number of benzene rings is 1. The Bertz CT molecular complexity index is 461. The Morgan fingerprint density at radius 2 is 2.05 bits per heavy atom. The van der Waals surface area contributed by atoms with Crippen LogP contribution in [0.2, 0.25) is 0 Å². The first-order chi connectivity index (χ1) is 9.97. The van der Waals surface area contributed by atoms with Crippen molar-refractivity contribution < 1.29 is 4.39 Å². The maximum atomic E-state index is 14.3. The Morgan fingerprint density at radius 3 is 2.71 bits per heavy atom. The quantitative estimate of drug-likeness (QED) is 0.915. The molecule has 1 aliphatic heterocycles. The molecule has 1 aromatic carbocycles. The molecule has 1 atom stereocenters. The lowest BCUT2D eigenvalue weighted by Crippen LogP contribution is -2.26. The molecule has 0 spiro atoms. The van der Waals surface area contributed by atoms with Crippen LogP contribution in [0.3, 0.4) is 0 Å². The summed E-state index contributed by atoms with van der Waals surface area (Å²) in [6.07, 6.45) is 3.47. The van der Waals surface area contributed by atoms with Crippen molar-refractivity contribution in [2.45, 2.75) is 45.2 Å². The molecule has 1 aromatic rings. The molecule has 1 unspecified atom stereocenters. The van der Waals surface area contributed by atoms with E-state index in [0.29, 0.717) is 11.7 Å². The number of likely N-dealkylation sites (tertiary alicyclic amines) is 1. The minimum Gasteiger partial charge on any atom is -0.382 e. The molecule has 2 rings (SSSR count). The van der Waals surface area contributed by atoms with E-state index in [0.717, 1.165) is 31.6 Å². The highest BCUT2D eigenvalue weighted by molar-refractivity contribution is 5.56. The largest absolute Gasteiger partial charge is 0.382 e. The standard InChI is InChI=1S/C17H28FN3/c1-13(2)21(4)17-8-7-15(12-16(17)18)19-14-6-5-10-20(3)11-9-14/h7-8,12-14,19H,5-6,9-11H2,1-4H3. The third-order valence-electron chi connectivity index (χ3n) is 4.42. The zero-order valence-corrected chi connectivity index (χ0v) is 13.7. The van der Waals surface area contributed by atoms with Crippen molar-refractivity contribution in [1.82, 2.24) is 4.90 Å². The fourth-order valence-corrected chi connectivity index (χ4v) is 2.78. The molecule has 1 heterocycles. The van der Waals surface area contributed by atoms with Gasteiger partial charge in [-0.1, -0.05) is 0 Å². The van der Waals surface area contributed by atoms with Crippen molar-refractivity contribution >= 4 is 11.4 Å². The van der Waals surface area contributed by atoms with Gasteiger partial charge in [0.25, 0.3) is 0 Å². The summed E-state index contributed by atoms with van der Waals surface area (Å²) < 4.78 is 14.3. The van der Waals surface area contributed by atoms with Gasteiger partial charge in [0.2, 0.25) is 0 Å². The number of halogens is 1. The maximum Gasteiger partial charge on any atom is 0.148 e. The van der Waals surface area contributed by atoms with Crippen LogP contribution in [0.4, 0.5) is 15.8 Å². The Balaban J connectivity index is 2.03. The van der Waals surface area contributed by atoms with Gasteiger partial charge in [-0.05, 0) is 71.4 Å². The predicted molar refractivity (Wildman–Crippen MR) is 88.7 cm³/mol. The topological polar surface area (TPSA) is 18.5 Å². The molecular weight excluding hydrogens is 265 g/mol. The van der Waals surface area contributed by atoms with Crippen molar-refractivity contribution in [2.24, 2.45) is 0 Å². The summed E-state index contributed by atoms with van der Waals surface area (Å²) in [5, 5.41) is 3.49. The summed E-state index contributed by atoms with van der Waals surface area (Å²) >= 11 is 0. The zero-order valence-electron chi connectivity index (χ0n) is 13.7. The molecule has 0 radical (unpaired) electrons. The highest BCUT2D eigenvalue weighted by atomic mass is 19.1. The number of nitrogens with zero attached hydrogens (tertiary/aromatic N) is 2. The van der Waals surface area contributed by atoms with E-state index in [1.54, 1.807) is 6.07 Å². The number of hydrogen-bond acceptors (Lipinski definition) is 3. The maximum absolute atomic E-state index is 14.3. The fourth-order valence-electron chi connectivity index (χ4n) is 2.78. The molecule has 0 aromatic heterocycles. The molecule has 3 nitrogen and oxygen atoms in total. The van der Waals surface area contributed by atoms with E-state index in [1.165, 1.54) is 6.42 Å². The summed E-state index contributed by atoms with van der Waals surface area (Å²) in [6.45, 7) is 6.39. The van der Waals surface area contributed by atoms with Crippen LogP contribution < -0.4 is 10.2 Å². The van der Waals surface area contributed by atoms with E-state index < -0.39 is 0 Å². The van der Waals surface area contributed by atoms with Crippen LogP contribution in [-0.2, 0) is 0 Å². The van der Waals surface area contributed by atoms with Gasteiger partial charge in [-0.25, -0.2) is 4.39 Å². The first-order valence-electron chi connectivity index (χ1n) is 7.95. The van der Waals surface area contributed by atoms with Crippen LogP contribution in [0.25, 0.3) is 0 Å².